The Morgan fingerprint density at radius 1 is 1.67 bits per heavy atom. The van der Waals surface area contributed by atoms with Crippen LogP contribution in [-0.2, 0) is 9.53 Å². The van der Waals surface area contributed by atoms with Crippen molar-refractivity contribution < 1.29 is 13.9 Å². The average Bonchev–Trinajstić information content (AvgIpc) is 2.90. The van der Waals surface area contributed by atoms with E-state index in [0.29, 0.717) is 10.8 Å². The number of carbonyl (C=O) groups excluding carboxylic acids is 1. The van der Waals surface area contributed by atoms with Gasteiger partial charge in [0, 0.05) is 11.6 Å². The van der Waals surface area contributed by atoms with Gasteiger partial charge in [-0.15, -0.1) is 11.3 Å². The van der Waals surface area contributed by atoms with Crippen molar-refractivity contribution in [1.82, 2.24) is 4.98 Å². The lowest BCUT2D eigenvalue weighted by Gasteiger charge is -2.08. The van der Waals surface area contributed by atoms with E-state index in [9.17, 15) is 4.79 Å². The van der Waals surface area contributed by atoms with Gasteiger partial charge in [-0.3, -0.25) is 4.79 Å². The number of hydrogen-bond acceptors (Lipinski definition) is 5. The molecule has 2 heterocycles. The molecular formula is C10H9NO3S. The van der Waals surface area contributed by atoms with Crippen molar-refractivity contribution in [1.29, 1.82) is 0 Å². The van der Waals surface area contributed by atoms with Crippen LogP contribution >= 0.6 is 11.3 Å². The third-order valence-electron chi connectivity index (χ3n) is 1.96. The summed E-state index contributed by atoms with van der Waals surface area (Å²) in [5.41, 5.74) is 0. The first-order valence-electron chi connectivity index (χ1n) is 4.33. The van der Waals surface area contributed by atoms with Gasteiger partial charge in [-0.25, -0.2) is 4.98 Å². The van der Waals surface area contributed by atoms with E-state index in [1.54, 1.807) is 18.3 Å². The van der Waals surface area contributed by atoms with E-state index in [4.69, 9.17) is 9.15 Å². The summed E-state index contributed by atoms with van der Waals surface area (Å²) >= 11 is 1.40. The smallest absolute Gasteiger partial charge is 0.323 e. The minimum Gasteiger partial charge on any atom is -0.468 e. The highest BCUT2D eigenvalue weighted by Gasteiger charge is 2.28. The maximum atomic E-state index is 11.6. The van der Waals surface area contributed by atoms with Crippen LogP contribution in [0, 0.1) is 0 Å². The Morgan fingerprint density at radius 3 is 3.07 bits per heavy atom. The van der Waals surface area contributed by atoms with Crippen molar-refractivity contribution in [3.8, 4) is 0 Å². The summed E-state index contributed by atoms with van der Waals surface area (Å²) in [5, 5.41) is 2.49. The van der Waals surface area contributed by atoms with Gasteiger partial charge in [-0.2, -0.15) is 0 Å². The minimum absolute atomic E-state index is 0.361. The maximum absolute atomic E-state index is 11.6. The molecule has 1 atom stereocenters. The first kappa shape index (κ1) is 9.92. The summed E-state index contributed by atoms with van der Waals surface area (Å²) in [6.07, 6.45) is 3.18. The zero-order chi connectivity index (χ0) is 10.7. The van der Waals surface area contributed by atoms with E-state index in [1.165, 1.54) is 24.7 Å². The fourth-order valence-corrected chi connectivity index (χ4v) is 2.02. The Morgan fingerprint density at radius 2 is 2.53 bits per heavy atom. The quantitative estimate of drug-likeness (QED) is 0.747. The molecule has 2 rings (SSSR count). The Hall–Kier alpha value is -1.62. The van der Waals surface area contributed by atoms with Gasteiger partial charge >= 0.3 is 5.97 Å². The summed E-state index contributed by atoms with van der Waals surface area (Å²) in [6.45, 7) is 0. The van der Waals surface area contributed by atoms with E-state index in [0.717, 1.165) is 0 Å². The van der Waals surface area contributed by atoms with E-state index >= 15 is 0 Å². The highest BCUT2D eigenvalue weighted by atomic mass is 32.1. The summed E-state index contributed by atoms with van der Waals surface area (Å²) in [4.78, 5) is 15.7. The molecule has 0 N–H and O–H groups in total. The first-order valence-corrected chi connectivity index (χ1v) is 5.21. The van der Waals surface area contributed by atoms with Gasteiger partial charge in [-0.1, -0.05) is 0 Å². The molecule has 1 unspecified atom stereocenters. The molecule has 0 aromatic carbocycles. The van der Waals surface area contributed by atoms with Crippen molar-refractivity contribution in [3.05, 3.63) is 40.7 Å². The van der Waals surface area contributed by atoms with Crippen LogP contribution < -0.4 is 0 Å². The molecule has 0 radical (unpaired) electrons. The fourth-order valence-electron chi connectivity index (χ4n) is 1.29. The molecule has 5 heteroatoms. The summed E-state index contributed by atoms with van der Waals surface area (Å²) < 4.78 is 9.94. The lowest BCUT2D eigenvalue weighted by Crippen LogP contribution is -2.14. The van der Waals surface area contributed by atoms with Gasteiger partial charge in [-0.05, 0) is 12.1 Å². The van der Waals surface area contributed by atoms with Gasteiger partial charge in [0.05, 0.1) is 13.4 Å². The van der Waals surface area contributed by atoms with Crippen LogP contribution in [0.1, 0.15) is 16.7 Å². The highest BCUT2D eigenvalue weighted by molar-refractivity contribution is 7.09. The lowest BCUT2D eigenvalue weighted by atomic mass is 10.1. The molecule has 78 valence electrons. The zero-order valence-electron chi connectivity index (χ0n) is 8.04. The Kier molecular flexibility index (Phi) is 2.82. The topological polar surface area (TPSA) is 52.3 Å². The second kappa shape index (κ2) is 4.27. The van der Waals surface area contributed by atoms with Crippen LogP contribution in [0.25, 0.3) is 0 Å². The molecule has 0 saturated heterocycles. The molecular weight excluding hydrogens is 214 g/mol. The molecule has 0 spiro atoms. The van der Waals surface area contributed by atoms with Crippen molar-refractivity contribution >= 4 is 17.3 Å². The van der Waals surface area contributed by atoms with Crippen LogP contribution in [0.3, 0.4) is 0 Å². The number of nitrogens with zero attached hydrogens (tertiary/aromatic N) is 1. The van der Waals surface area contributed by atoms with Crippen molar-refractivity contribution in [2.45, 2.75) is 5.92 Å². The molecule has 0 saturated carbocycles. The number of ether oxygens (including phenoxy) is 1. The van der Waals surface area contributed by atoms with Crippen LogP contribution in [-0.4, -0.2) is 18.1 Å². The molecule has 0 aliphatic rings. The molecule has 0 amide bonds. The SMILES string of the molecule is COC(=O)C(c1ccco1)c1nccs1. The Bertz CT molecular complexity index is 387. The molecule has 0 aliphatic heterocycles. The lowest BCUT2D eigenvalue weighted by molar-refractivity contribution is -0.141. The number of carbonyl (C=O) groups is 1. The van der Waals surface area contributed by atoms with E-state index in [2.05, 4.69) is 4.98 Å². The monoisotopic (exact) mass is 223 g/mol. The van der Waals surface area contributed by atoms with E-state index < -0.39 is 5.92 Å². The molecule has 15 heavy (non-hydrogen) atoms. The largest absolute Gasteiger partial charge is 0.468 e. The predicted octanol–water partition coefficient (Wildman–Crippen LogP) is 2.04. The van der Waals surface area contributed by atoms with E-state index in [-0.39, 0.29) is 5.97 Å². The third kappa shape index (κ3) is 1.92. The number of thiazole rings is 1. The van der Waals surface area contributed by atoms with Crippen molar-refractivity contribution in [2.75, 3.05) is 7.11 Å². The number of rotatable bonds is 3. The van der Waals surface area contributed by atoms with Crippen LogP contribution in [0.5, 0.6) is 0 Å². The number of furan rings is 1. The number of hydrogen-bond donors (Lipinski definition) is 0. The molecule has 0 fully saturated rings. The normalized spacial score (nSPS) is 12.3. The fraction of sp³-hybridized carbons (Fsp3) is 0.200. The highest BCUT2D eigenvalue weighted by Crippen LogP contribution is 2.27. The second-order valence-corrected chi connectivity index (χ2v) is 3.77. The average molecular weight is 223 g/mol. The minimum atomic E-state index is -0.551. The molecule has 0 aliphatic carbocycles. The van der Waals surface area contributed by atoms with Crippen molar-refractivity contribution in [2.24, 2.45) is 0 Å². The maximum Gasteiger partial charge on any atom is 0.323 e. The van der Waals surface area contributed by atoms with Gasteiger partial charge in [0.2, 0.25) is 0 Å². The number of aromatic nitrogens is 1. The third-order valence-corrected chi connectivity index (χ3v) is 2.80. The van der Waals surface area contributed by atoms with Crippen LogP contribution in [0.15, 0.2) is 34.4 Å². The van der Waals surface area contributed by atoms with Gasteiger partial charge < -0.3 is 9.15 Å². The van der Waals surface area contributed by atoms with Gasteiger partial charge in [0.15, 0.2) is 5.92 Å². The second-order valence-electron chi connectivity index (χ2n) is 2.84. The first-order chi connectivity index (χ1) is 7.33. The standard InChI is InChI=1S/C10H9NO3S/c1-13-10(12)8(7-3-2-5-14-7)9-11-4-6-15-9/h2-6,8H,1H3. The summed E-state index contributed by atoms with van der Waals surface area (Å²) in [6, 6.07) is 3.47. The van der Waals surface area contributed by atoms with Gasteiger partial charge in [0.1, 0.15) is 10.8 Å². The summed E-state index contributed by atoms with van der Waals surface area (Å²) in [5.74, 6) is -0.360. The molecule has 2 aromatic rings. The summed E-state index contributed by atoms with van der Waals surface area (Å²) in [7, 11) is 1.35. The van der Waals surface area contributed by atoms with E-state index in [1.807, 2.05) is 5.38 Å². The van der Waals surface area contributed by atoms with Crippen molar-refractivity contribution in [3.63, 3.8) is 0 Å². The van der Waals surface area contributed by atoms with Crippen LogP contribution in [0.2, 0.25) is 0 Å². The molecule has 2 aromatic heterocycles. The number of methoxy groups -OCH3 is 1. The van der Waals surface area contributed by atoms with Gasteiger partial charge in [0.25, 0.3) is 0 Å². The molecule has 4 nitrogen and oxygen atoms in total. The molecule has 0 bridgehead atoms. The predicted molar refractivity (Wildman–Crippen MR) is 54.7 cm³/mol. The van der Waals surface area contributed by atoms with Crippen LogP contribution in [0.4, 0.5) is 0 Å². The Balaban J connectivity index is 2.37. The Labute approximate surface area is 90.5 Å². The number of esters is 1. The zero-order valence-corrected chi connectivity index (χ0v) is 8.86.